The predicted octanol–water partition coefficient (Wildman–Crippen LogP) is 0.615. The number of hydrogen-bond donors (Lipinski definition) is 2. The lowest BCUT2D eigenvalue weighted by atomic mass is 10.1. The monoisotopic (exact) mass is 270 g/mol. The summed E-state index contributed by atoms with van der Waals surface area (Å²) in [5, 5.41) is 2.61. The number of anilines is 1. The highest BCUT2D eigenvalue weighted by Gasteiger charge is 2.16. The maximum Gasteiger partial charge on any atom is 0.239 e. The highest BCUT2D eigenvalue weighted by molar-refractivity contribution is 7.92. The van der Waals surface area contributed by atoms with Gasteiger partial charge in [0, 0.05) is 12.2 Å². The van der Waals surface area contributed by atoms with E-state index in [0.717, 1.165) is 11.1 Å². The van der Waals surface area contributed by atoms with Crippen molar-refractivity contribution in [1.29, 1.82) is 0 Å². The Kier molecular flexibility index (Phi) is 4.86. The molecule has 0 bridgehead atoms. The summed E-state index contributed by atoms with van der Waals surface area (Å²) in [5.74, 6) is -1.23. The van der Waals surface area contributed by atoms with Crippen LogP contribution in [0.1, 0.15) is 11.1 Å². The topological polar surface area (TPSA) is 89.3 Å². The molecule has 1 aromatic rings. The summed E-state index contributed by atoms with van der Waals surface area (Å²) in [5.41, 5.74) is 7.79. The van der Waals surface area contributed by atoms with E-state index in [9.17, 15) is 13.2 Å². The molecule has 100 valence electrons. The first-order valence-corrected chi connectivity index (χ1v) is 7.44. The van der Waals surface area contributed by atoms with Crippen LogP contribution >= 0.6 is 0 Å². The number of carbonyl (C=O) groups excluding carboxylic acids is 1. The number of aryl methyl sites for hydroxylation is 1. The van der Waals surface area contributed by atoms with Crippen LogP contribution in [0.3, 0.4) is 0 Å². The van der Waals surface area contributed by atoms with Crippen LogP contribution in [-0.2, 0) is 14.6 Å². The van der Waals surface area contributed by atoms with Gasteiger partial charge in [-0.3, -0.25) is 4.79 Å². The molecule has 0 aliphatic heterocycles. The zero-order chi connectivity index (χ0) is 13.8. The highest BCUT2D eigenvalue weighted by Crippen LogP contribution is 2.17. The second kappa shape index (κ2) is 5.97. The number of hydrogen-bond acceptors (Lipinski definition) is 4. The first kappa shape index (κ1) is 14.7. The maximum atomic E-state index is 11.6. The van der Waals surface area contributed by atoms with Crippen molar-refractivity contribution in [3.8, 4) is 0 Å². The third-order valence-electron chi connectivity index (χ3n) is 2.66. The fraction of sp³-hybridized carbons (Fsp3) is 0.417. The van der Waals surface area contributed by atoms with Crippen LogP contribution in [0.15, 0.2) is 18.2 Å². The highest BCUT2D eigenvalue weighted by atomic mass is 32.2. The number of benzene rings is 1. The lowest BCUT2D eigenvalue weighted by Gasteiger charge is -2.10. The van der Waals surface area contributed by atoms with Crippen molar-refractivity contribution in [2.45, 2.75) is 13.8 Å². The molecule has 18 heavy (non-hydrogen) atoms. The van der Waals surface area contributed by atoms with E-state index in [4.69, 9.17) is 5.73 Å². The number of sulfone groups is 1. The number of nitrogens with two attached hydrogens (primary N) is 1. The molecule has 0 fully saturated rings. The minimum absolute atomic E-state index is 0.0269. The van der Waals surface area contributed by atoms with Crippen molar-refractivity contribution in [1.82, 2.24) is 0 Å². The van der Waals surface area contributed by atoms with E-state index in [1.165, 1.54) is 0 Å². The van der Waals surface area contributed by atoms with Crippen molar-refractivity contribution in [2.75, 3.05) is 23.4 Å². The molecule has 1 rings (SSSR count). The summed E-state index contributed by atoms with van der Waals surface area (Å²) in [6, 6.07) is 5.48. The standard InChI is InChI=1S/C12H18N2O3S/c1-9-4-3-5-11(10(9)2)14-12(15)8-18(16,17)7-6-13/h3-5H,6-8,13H2,1-2H3,(H,14,15). The summed E-state index contributed by atoms with van der Waals surface area (Å²) in [6.07, 6.45) is 0. The molecule has 0 unspecified atom stereocenters. The molecule has 0 spiro atoms. The van der Waals surface area contributed by atoms with Crippen molar-refractivity contribution >= 4 is 21.4 Å². The first-order chi connectivity index (χ1) is 8.35. The molecular weight excluding hydrogens is 252 g/mol. The summed E-state index contributed by atoms with van der Waals surface area (Å²) in [6.45, 7) is 3.83. The number of carbonyl (C=O) groups is 1. The van der Waals surface area contributed by atoms with Gasteiger partial charge >= 0.3 is 0 Å². The van der Waals surface area contributed by atoms with E-state index in [2.05, 4.69) is 5.32 Å². The van der Waals surface area contributed by atoms with Crippen LogP contribution in [-0.4, -0.2) is 32.4 Å². The van der Waals surface area contributed by atoms with E-state index in [-0.39, 0.29) is 12.3 Å². The van der Waals surface area contributed by atoms with Crippen LogP contribution in [0.25, 0.3) is 0 Å². The predicted molar refractivity (Wildman–Crippen MR) is 72.3 cm³/mol. The Labute approximate surface area is 107 Å². The maximum absolute atomic E-state index is 11.6. The average molecular weight is 270 g/mol. The van der Waals surface area contributed by atoms with Crippen LogP contribution < -0.4 is 11.1 Å². The van der Waals surface area contributed by atoms with Crippen LogP contribution in [0.5, 0.6) is 0 Å². The van der Waals surface area contributed by atoms with Gasteiger partial charge in [0.2, 0.25) is 5.91 Å². The number of nitrogens with one attached hydrogen (secondary N) is 1. The van der Waals surface area contributed by atoms with Gasteiger partial charge in [-0.25, -0.2) is 8.42 Å². The third kappa shape index (κ3) is 4.12. The first-order valence-electron chi connectivity index (χ1n) is 5.62. The van der Waals surface area contributed by atoms with Gasteiger partial charge in [0.05, 0.1) is 5.75 Å². The Morgan fingerprint density at radius 1 is 1.33 bits per heavy atom. The second-order valence-corrected chi connectivity index (χ2v) is 6.36. The van der Waals surface area contributed by atoms with Crippen molar-refractivity contribution in [3.63, 3.8) is 0 Å². The Balaban J connectivity index is 2.74. The molecule has 0 saturated carbocycles. The Morgan fingerprint density at radius 2 is 2.00 bits per heavy atom. The molecular formula is C12H18N2O3S. The SMILES string of the molecule is Cc1cccc(NC(=O)CS(=O)(=O)CCN)c1C. The third-order valence-corrected chi connectivity index (χ3v) is 4.22. The van der Waals surface area contributed by atoms with Crippen molar-refractivity contribution < 1.29 is 13.2 Å². The van der Waals surface area contributed by atoms with Gasteiger partial charge in [0.15, 0.2) is 9.84 Å². The second-order valence-electron chi connectivity index (χ2n) is 4.18. The fourth-order valence-corrected chi connectivity index (χ4v) is 2.50. The molecule has 5 nitrogen and oxygen atoms in total. The molecule has 0 saturated heterocycles. The van der Waals surface area contributed by atoms with Gasteiger partial charge in [-0.1, -0.05) is 12.1 Å². The quantitative estimate of drug-likeness (QED) is 0.820. The smallest absolute Gasteiger partial charge is 0.239 e. The average Bonchev–Trinajstić information content (AvgIpc) is 2.23. The van der Waals surface area contributed by atoms with Crippen molar-refractivity contribution in [2.24, 2.45) is 5.73 Å². The Morgan fingerprint density at radius 3 is 2.61 bits per heavy atom. The molecule has 1 amide bonds. The number of rotatable bonds is 5. The summed E-state index contributed by atoms with van der Waals surface area (Å²) < 4.78 is 22.9. The van der Waals surface area contributed by atoms with Gasteiger partial charge in [0.1, 0.15) is 5.75 Å². The lowest BCUT2D eigenvalue weighted by Crippen LogP contribution is -2.27. The largest absolute Gasteiger partial charge is 0.329 e. The molecule has 1 aromatic carbocycles. The molecule has 0 aliphatic rings. The zero-order valence-electron chi connectivity index (χ0n) is 10.6. The molecule has 0 radical (unpaired) electrons. The zero-order valence-corrected chi connectivity index (χ0v) is 11.4. The van der Waals surface area contributed by atoms with Gasteiger partial charge in [-0.15, -0.1) is 0 Å². The lowest BCUT2D eigenvalue weighted by molar-refractivity contribution is -0.113. The van der Waals surface area contributed by atoms with E-state index >= 15 is 0 Å². The Hall–Kier alpha value is -1.40. The molecule has 6 heteroatoms. The summed E-state index contributed by atoms with van der Waals surface area (Å²) in [7, 11) is -3.41. The van der Waals surface area contributed by atoms with Gasteiger partial charge in [0.25, 0.3) is 0 Å². The van der Waals surface area contributed by atoms with E-state index < -0.39 is 21.5 Å². The summed E-state index contributed by atoms with van der Waals surface area (Å²) >= 11 is 0. The van der Waals surface area contributed by atoms with E-state index in [0.29, 0.717) is 5.69 Å². The normalized spacial score (nSPS) is 11.3. The Bertz CT molecular complexity index is 538. The number of amides is 1. The summed E-state index contributed by atoms with van der Waals surface area (Å²) in [4.78, 5) is 11.6. The minimum Gasteiger partial charge on any atom is -0.329 e. The van der Waals surface area contributed by atoms with E-state index in [1.54, 1.807) is 6.07 Å². The molecule has 0 heterocycles. The molecule has 0 aliphatic carbocycles. The van der Waals surface area contributed by atoms with E-state index in [1.807, 2.05) is 26.0 Å². The van der Waals surface area contributed by atoms with Crippen LogP contribution in [0, 0.1) is 13.8 Å². The fourth-order valence-electron chi connectivity index (χ4n) is 1.52. The van der Waals surface area contributed by atoms with Crippen LogP contribution in [0.4, 0.5) is 5.69 Å². The molecule has 0 atom stereocenters. The van der Waals surface area contributed by atoms with Gasteiger partial charge in [-0.2, -0.15) is 0 Å². The molecule has 3 N–H and O–H groups in total. The molecule has 0 aromatic heterocycles. The minimum atomic E-state index is -3.41. The van der Waals surface area contributed by atoms with Crippen molar-refractivity contribution in [3.05, 3.63) is 29.3 Å². The van der Waals surface area contributed by atoms with Gasteiger partial charge < -0.3 is 11.1 Å². The van der Waals surface area contributed by atoms with Crippen LogP contribution in [0.2, 0.25) is 0 Å². The van der Waals surface area contributed by atoms with Gasteiger partial charge in [-0.05, 0) is 31.0 Å².